The summed E-state index contributed by atoms with van der Waals surface area (Å²) in [7, 11) is -3.73. The van der Waals surface area contributed by atoms with E-state index in [-0.39, 0.29) is 17.2 Å². The van der Waals surface area contributed by atoms with Crippen molar-refractivity contribution in [1.29, 1.82) is 0 Å². The molecule has 3 N–H and O–H groups in total. The number of amides is 1. The minimum atomic E-state index is -3.73. The number of nitrogens with one attached hydrogen (secondary N) is 1. The number of fused-ring (bicyclic) bond motifs is 1. The molecule has 8 heteroatoms. The van der Waals surface area contributed by atoms with Crippen molar-refractivity contribution in [3.05, 3.63) is 76.0 Å². The molecule has 2 aromatic carbocycles. The van der Waals surface area contributed by atoms with Crippen molar-refractivity contribution >= 4 is 38.6 Å². The van der Waals surface area contributed by atoms with Crippen LogP contribution in [0.5, 0.6) is 0 Å². The highest BCUT2D eigenvalue weighted by Crippen LogP contribution is 2.28. The smallest absolute Gasteiger partial charge is 0.238 e. The lowest BCUT2D eigenvalue weighted by Gasteiger charge is -2.29. The van der Waals surface area contributed by atoms with Gasteiger partial charge in [-0.15, -0.1) is 11.3 Å². The number of anilines is 2. The number of hydrogen-bond acceptors (Lipinski definition) is 5. The van der Waals surface area contributed by atoms with Gasteiger partial charge in [0.25, 0.3) is 0 Å². The summed E-state index contributed by atoms with van der Waals surface area (Å²) in [6, 6.07) is 16.0. The summed E-state index contributed by atoms with van der Waals surface area (Å²) in [6.07, 6.45) is 1.22. The van der Waals surface area contributed by atoms with Crippen molar-refractivity contribution in [3.63, 3.8) is 0 Å². The van der Waals surface area contributed by atoms with Crippen LogP contribution in [0.25, 0.3) is 0 Å². The van der Waals surface area contributed by atoms with Crippen LogP contribution >= 0.6 is 11.3 Å². The van der Waals surface area contributed by atoms with Gasteiger partial charge in [0, 0.05) is 29.3 Å². The molecule has 0 saturated heterocycles. The summed E-state index contributed by atoms with van der Waals surface area (Å²) in [5.74, 6) is -0.165. The van der Waals surface area contributed by atoms with Gasteiger partial charge in [0.15, 0.2) is 0 Å². The average Bonchev–Trinajstić information content (AvgIpc) is 3.16. The molecule has 1 aromatic heterocycles. The summed E-state index contributed by atoms with van der Waals surface area (Å²) in [5.41, 5.74) is 3.98. The van der Waals surface area contributed by atoms with Crippen molar-refractivity contribution in [2.45, 2.75) is 24.3 Å². The molecule has 0 bridgehead atoms. The maximum Gasteiger partial charge on any atom is 0.238 e. The third-order valence-electron chi connectivity index (χ3n) is 4.94. The molecule has 1 aliphatic rings. The van der Waals surface area contributed by atoms with Crippen molar-refractivity contribution in [3.8, 4) is 0 Å². The fourth-order valence-electron chi connectivity index (χ4n) is 3.41. The van der Waals surface area contributed by atoms with Crippen molar-refractivity contribution in [1.82, 2.24) is 0 Å². The minimum absolute atomic E-state index is 0.0320. The second-order valence-corrected chi connectivity index (χ2v) is 9.56. The number of sulfonamides is 1. The Morgan fingerprint density at radius 3 is 2.48 bits per heavy atom. The van der Waals surface area contributed by atoms with Crippen LogP contribution < -0.4 is 15.4 Å². The molecule has 0 fully saturated rings. The maximum atomic E-state index is 12.3. The van der Waals surface area contributed by atoms with E-state index in [1.807, 2.05) is 35.6 Å². The number of thiophene rings is 1. The van der Waals surface area contributed by atoms with Crippen LogP contribution in [-0.4, -0.2) is 20.9 Å². The molecule has 0 spiro atoms. The van der Waals surface area contributed by atoms with E-state index in [0.29, 0.717) is 5.56 Å². The van der Waals surface area contributed by atoms with Crippen LogP contribution in [-0.2, 0) is 34.2 Å². The van der Waals surface area contributed by atoms with Crippen LogP contribution in [0.2, 0.25) is 0 Å². The van der Waals surface area contributed by atoms with E-state index in [1.165, 1.54) is 22.6 Å². The predicted octanol–water partition coefficient (Wildman–Crippen LogP) is 3.14. The van der Waals surface area contributed by atoms with Gasteiger partial charge < -0.3 is 10.2 Å². The van der Waals surface area contributed by atoms with E-state index in [4.69, 9.17) is 5.14 Å². The summed E-state index contributed by atoms with van der Waals surface area (Å²) >= 11 is 1.82. The second-order valence-electron chi connectivity index (χ2n) is 7.00. The van der Waals surface area contributed by atoms with Crippen LogP contribution in [0.1, 0.15) is 16.0 Å². The molecule has 6 nitrogen and oxygen atoms in total. The van der Waals surface area contributed by atoms with Gasteiger partial charge in [0.05, 0.1) is 11.3 Å². The molecule has 0 saturated carbocycles. The lowest BCUT2D eigenvalue weighted by molar-refractivity contribution is -0.115. The number of benzene rings is 2. The molecular formula is C21H21N3O3S2. The van der Waals surface area contributed by atoms with Gasteiger partial charge in [0.2, 0.25) is 15.9 Å². The molecule has 1 aliphatic heterocycles. The van der Waals surface area contributed by atoms with Gasteiger partial charge in [-0.1, -0.05) is 12.1 Å². The fraction of sp³-hybridized carbons (Fsp3) is 0.190. The molecule has 0 radical (unpaired) electrons. The van der Waals surface area contributed by atoms with E-state index in [0.717, 1.165) is 30.9 Å². The highest BCUT2D eigenvalue weighted by atomic mass is 32.2. The lowest BCUT2D eigenvalue weighted by atomic mass is 10.1. The number of nitrogens with two attached hydrogens (primary N) is 1. The quantitative estimate of drug-likeness (QED) is 0.654. The van der Waals surface area contributed by atoms with Gasteiger partial charge in [-0.25, -0.2) is 13.6 Å². The third-order valence-corrected chi connectivity index (χ3v) is 6.89. The Morgan fingerprint density at radius 1 is 1.07 bits per heavy atom. The molecule has 29 heavy (non-hydrogen) atoms. The summed E-state index contributed by atoms with van der Waals surface area (Å²) in [5, 5.41) is 10.1. The first-order chi connectivity index (χ1) is 13.9. The maximum absolute atomic E-state index is 12.3. The Hall–Kier alpha value is -2.68. The summed E-state index contributed by atoms with van der Waals surface area (Å²) in [6.45, 7) is 1.91. The lowest BCUT2D eigenvalue weighted by Crippen LogP contribution is -2.29. The molecule has 3 aromatic rings. The third kappa shape index (κ3) is 4.67. The number of carbonyl (C=O) groups is 1. The Kier molecular flexibility index (Phi) is 5.40. The highest BCUT2D eigenvalue weighted by Gasteiger charge is 2.17. The molecule has 2 heterocycles. The van der Waals surface area contributed by atoms with Crippen molar-refractivity contribution in [2.24, 2.45) is 5.14 Å². The minimum Gasteiger partial charge on any atom is -0.367 e. The van der Waals surface area contributed by atoms with Crippen molar-refractivity contribution < 1.29 is 13.2 Å². The van der Waals surface area contributed by atoms with Gasteiger partial charge in [-0.2, -0.15) is 0 Å². The number of nitrogens with zero attached hydrogens (tertiary/aromatic N) is 1. The highest BCUT2D eigenvalue weighted by molar-refractivity contribution is 7.89. The van der Waals surface area contributed by atoms with E-state index in [9.17, 15) is 13.2 Å². The first-order valence-corrected chi connectivity index (χ1v) is 11.6. The standard InChI is InChI=1S/C21H21N3O3S2/c22-29(26,27)19-7-1-15(2-8-19)13-21(25)23-17-3-5-18(6-4-17)24-11-9-20-16(14-24)10-12-28-20/h1-8,10,12H,9,11,13-14H2,(H,23,25)(H2,22,26,27). The summed E-state index contributed by atoms with van der Waals surface area (Å²) < 4.78 is 22.6. The molecule has 4 rings (SSSR count). The van der Waals surface area contributed by atoms with Crippen LogP contribution in [0.3, 0.4) is 0 Å². The van der Waals surface area contributed by atoms with E-state index < -0.39 is 10.0 Å². The second kappa shape index (κ2) is 7.98. The van der Waals surface area contributed by atoms with E-state index >= 15 is 0 Å². The van der Waals surface area contributed by atoms with Gasteiger partial charge in [-0.3, -0.25) is 4.79 Å². The Labute approximate surface area is 174 Å². The monoisotopic (exact) mass is 427 g/mol. The summed E-state index contributed by atoms with van der Waals surface area (Å²) in [4.78, 5) is 16.1. The molecule has 0 unspecified atom stereocenters. The molecule has 150 valence electrons. The van der Waals surface area contributed by atoms with Crippen LogP contribution in [0.4, 0.5) is 11.4 Å². The Morgan fingerprint density at radius 2 is 1.79 bits per heavy atom. The molecule has 0 aliphatic carbocycles. The van der Waals surface area contributed by atoms with Crippen molar-refractivity contribution in [2.75, 3.05) is 16.8 Å². The molecular weight excluding hydrogens is 406 g/mol. The number of hydrogen-bond donors (Lipinski definition) is 2. The number of primary sulfonamides is 1. The Balaban J connectivity index is 1.36. The number of carbonyl (C=O) groups excluding carboxylic acids is 1. The Bertz CT molecular complexity index is 1120. The van der Waals surface area contributed by atoms with Gasteiger partial charge >= 0.3 is 0 Å². The normalized spacial score (nSPS) is 13.8. The fourth-order valence-corrected chi connectivity index (χ4v) is 4.82. The van der Waals surface area contributed by atoms with Crippen LogP contribution in [0, 0.1) is 0 Å². The predicted molar refractivity (Wildman–Crippen MR) is 116 cm³/mol. The first kappa shape index (κ1) is 19.6. The van der Waals surface area contributed by atoms with Gasteiger partial charge in [-0.05, 0) is 65.4 Å². The van der Waals surface area contributed by atoms with Gasteiger partial charge in [0.1, 0.15) is 0 Å². The van der Waals surface area contributed by atoms with Crippen LogP contribution in [0.15, 0.2) is 64.9 Å². The zero-order valence-electron chi connectivity index (χ0n) is 15.7. The average molecular weight is 428 g/mol. The largest absolute Gasteiger partial charge is 0.367 e. The zero-order chi connectivity index (χ0) is 20.4. The number of rotatable bonds is 5. The molecule has 1 amide bonds. The molecule has 0 atom stereocenters. The van der Waals surface area contributed by atoms with E-state index in [2.05, 4.69) is 21.7 Å². The zero-order valence-corrected chi connectivity index (χ0v) is 17.3. The topological polar surface area (TPSA) is 92.5 Å². The SMILES string of the molecule is NS(=O)(=O)c1ccc(CC(=O)Nc2ccc(N3CCc4sccc4C3)cc2)cc1. The van der Waals surface area contributed by atoms with E-state index in [1.54, 1.807) is 12.1 Å². The first-order valence-electron chi connectivity index (χ1n) is 9.20.